The van der Waals surface area contributed by atoms with Crippen LogP contribution in [-0.4, -0.2) is 60.8 Å². The fourth-order valence-corrected chi connectivity index (χ4v) is 3.95. The first-order chi connectivity index (χ1) is 12.5. The average molecular weight is 417 g/mol. The van der Waals surface area contributed by atoms with Crippen molar-refractivity contribution in [3.8, 4) is 0 Å². The molecule has 2 rings (SSSR count). The fourth-order valence-electron chi connectivity index (χ4n) is 2.69. The number of piperazine rings is 1. The molecule has 2 N–H and O–H groups in total. The highest BCUT2D eigenvalue weighted by atomic mass is 35.5. The van der Waals surface area contributed by atoms with Gasteiger partial charge < -0.3 is 10.6 Å². The first-order valence-corrected chi connectivity index (χ1v) is 10.1. The van der Waals surface area contributed by atoms with Crippen molar-refractivity contribution in [1.29, 1.82) is 0 Å². The van der Waals surface area contributed by atoms with Crippen molar-refractivity contribution in [3.63, 3.8) is 0 Å². The number of nitro benzene ring substituents is 1. The molecule has 0 aliphatic carbocycles. The van der Waals surface area contributed by atoms with E-state index in [0.717, 1.165) is 44.9 Å². The van der Waals surface area contributed by atoms with E-state index in [-0.39, 0.29) is 24.0 Å². The van der Waals surface area contributed by atoms with Crippen molar-refractivity contribution in [2.24, 2.45) is 5.92 Å². The molecule has 0 spiro atoms. The number of rotatable bonds is 9. The topological polar surface area (TPSA) is 87.5 Å². The molecule has 1 amide bonds. The van der Waals surface area contributed by atoms with Gasteiger partial charge in [-0.25, -0.2) is 0 Å². The van der Waals surface area contributed by atoms with E-state index in [2.05, 4.69) is 29.4 Å². The third-order valence-corrected chi connectivity index (χ3v) is 5.39. The molecule has 1 aromatic carbocycles. The molecule has 0 radical (unpaired) electrons. The van der Waals surface area contributed by atoms with E-state index in [0.29, 0.717) is 22.9 Å². The predicted octanol–water partition coefficient (Wildman–Crippen LogP) is 2.79. The Morgan fingerprint density at radius 2 is 2.07 bits per heavy atom. The van der Waals surface area contributed by atoms with Gasteiger partial charge in [0.1, 0.15) is 0 Å². The Hall–Kier alpha value is -1.35. The monoisotopic (exact) mass is 416 g/mol. The van der Waals surface area contributed by atoms with Crippen LogP contribution in [0.25, 0.3) is 0 Å². The van der Waals surface area contributed by atoms with Crippen LogP contribution in [0.3, 0.4) is 0 Å². The van der Waals surface area contributed by atoms with Gasteiger partial charge in [0.25, 0.3) is 11.6 Å². The first-order valence-electron chi connectivity index (χ1n) is 9.10. The maximum atomic E-state index is 12.3. The second kappa shape index (κ2) is 12.2. The SMILES string of the molecule is CC(C)CCSc1ccc(C(=O)NCCN2CCNCC2)cc1[N+](=O)[O-].Cl. The molecule has 27 heavy (non-hydrogen) atoms. The largest absolute Gasteiger partial charge is 0.351 e. The summed E-state index contributed by atoms with van der Waals surface area (Å²) < 4.78 is 0. The highest BCUT2D eigenvalue weighted by Crippen LogP contribution is 2.31. The Morgan fingerprint density at radius 3 is 2.70 bits per heavy atom. The number of nitro groups is 1. The molecule has 0 bridgehead atoms. The standard InChI is InChI=1S/C18H28N4O3S.ClH/c1-14(2)5-12-26-17-4-3-15(13-16(17)22(24)25)18(23)20-8-11-21-9-6-19-7-10-21;/h3-4,13-14,19H,5-12H2,1-2H3,(H,20,23);1H. The van der Waals surface area contributed by atoms with Gasteiger partial charge >= 0.3 is 0 Å². The third kappa shape index (κ3) is 8.04. The number of halogens is 1. The van der Waals surface area contributed by atoms with Crippen LogP contribution in [-0.2, 0) is 0 Å². The molecule has 1 saturated heterocycles. The summed E-state index contributed by atoms with van der Waals surface area (Å²) >= 11 is 1.47. The van der Waals surface area contributed by atoms with E-state index in [1.807, 2.05) is 0 Å². The quantitative estimate of drug-likeness (QED) is 0.365. The number of carbonyl (C=O) groups is 1. The Kier molecular flexibility index (Phi) is 10.7. The van der Waals surface area contributed by atoms with Crippen LogP contribution in [0.2, 0.25) is 0 Å². The van der Waals surface area contributed by atoms with Crippen LogP contribution in [0.5, 0.6) is 0 Å². The van der Waals surface area contributed by atoms with Crippen LogP contribution in [0.4, 0.5) is 5.69 Å². The van der Waals surface area contributed by atoms with Crippen LogP contribution in [0.1, 0.15) is 30.6 Å². The van der Waals surface area contributed by atoms with E-state index in [4.69, 9.17) is 0 Å². The summed E-state index contributed by atoms with van der Waals surface area (Å²) in [6.07, 6.45) is 0.996. The smallest absolute Gasteiger partial charge is 0.283 e. The summed E-state index contributed by atoms with van der Waals surface area (Å²) in [7, 11) is 0. The normalized spacial score (nSPS) is 14.6. The number of nitrogens with zero attached hydrogens (tertiary/aromatic N) is 2. The molecule has 0 saturated carbocycles. The zero-order valence-corrected chi connectivity index (χ0v) is 17.5. The minimum Gasteiger partial charge on any atom is -0.351 e. The van der Waals surface area contributed by atoms with Gasteiger partial charge in [-0.3, -0.25) is 19.8 Å². The van der Waals surface area contributed by atoms with Crippen LogP contribution in [0, 0.1) is 16.0 Å². The highest BCUT2D eigenvalue weighted by Gasteiger charge is 2.18. The van der Waals surface area contributed by atoms with Gasteiger partial charge in [-0.2, -0.15) is 0 Å². The van der Waals surface area contributed by atoms with Gasteiger partial charge in [-0.1, -0.05) is 13.8 Å². The molecule has 1 aromatic rings. The molecule has 1 aliphatic rings. The maximum Gasteiger partial charge on any atom is 0.283 e. The van der Waals surface area contributed by atoms with Crippen molar-refractivity contribution in [3.05, 3.63) is 33.9 Å². The lowest BCUT2D eigenvalue weighted by Gasteiger charge is -2.27. The highest BCUT2D eigenvalue weighted by molar-refractivity contribution is 7.99. The third-order valence-electron chi connectivity index (χ3n) is 4.29. The van der Waals surface area contributed by atoms with Gasteiger partial charge in [0.2, 0.25) is 0 Å². The minimum atomic E-state index is -0.408. The fraction of sp³-hybridized carbons (Fsp3) is 0.611. The van der Waals surface area contributed by atoms with E-state index >= 15 is 0 Å². The number of thioether (sulfide) groups is 1. The lowest BCUT2D eigenvalue weighted by molar-refractivity contribution is -0.387. The van der Waals surface area contributed by atoms with Crippen molar-refractivity contribution in [2.45, 2.75) is 25.2 Å². The lowest BCUT2D eigenvalue weighted by atomic mass is 10.2. The number of nitrogens with one attached hydrogen (secondary N) is 2. The molecule has 152 valence electrons. The van der Waals surface area contributed by atoms with Gasteiger partial charge in [0, 0.05) is 50.9 Å². The number of hydrogen-bond acceptors (Lipinski definition) is 6. The Balaban J connectivity index is 0.00000364. The second-order valence-electron chi connectivity index (χ2n) is 6.82. The summed E-state index contributed by atoms with van der Waals surface area (Å²) in [4.78, 5) is 26.2. The molecule has 0 aromatic heterocycles. The van der Waals surface area contributed by atoms with E-state index in [1.54, 1.807) is 12.1 Å². The van der Waals surface area contributed by atoms with Gasteiger partial charge in [-0.05, 0) is 30.2 Å². The van der Waals surface area contributed by atoms with Gasteiger partial charge in [0.05, 0.1) is 9.82 Å². The van der Waals surface area contributed by atoms with Gasteiger partial charge in [-0.15, -0.1) is 24.2 Å². The molecule has 9 heteroatoms. The molecule has 1 aliphatic heterocycles. The summed E-state index contributed by atoms with van der Waals surface area (Å²) in [5.41, 5.74) is 0.346. The average Bonchev–Trinajstić information content (AvgIpc) is 2.62. The second-order valence-corrected chi connectivity index (χ2v) is 7.95. The predicted molar refractivity (Wildman–Crippen MR) is 112 cm³/mol. The Morgan fingerprint density at radius 1 is 1.37 bits per heavy atom. The summed E-state index contributed by atoms with van der Waals surface area (Å²) in [6, 6.07) is 4.75. The number of hydrogen-bond donors (Lipinski definition) is 2. The molecule has 7 nitrogen and oxygen atoms in total. The molecule has 0 unspecified atom stereocenters. The van der Waals surface area contributed by atoms with Crippen LogP contribution in [0.15, 0.2) is 23.1 Å². The summed E-state index contributed by atoms with van der Waals surface area (Å²) in [6.45, 7) is 9.47. The zero-order chi connectivity index (χ0) is 18.9. The zero-order valence-electron chi connectivity index (χ0n) is 15.9. The molecular formula is C18H29ClN4O3S. The Bertz CT molecular complexity index is 625. The van der Waals surface area contributed by atoms with Crippen LogP contribution >= 0.6 is 24.2 Å². The first kappa shape index (κ1) is 23.7. The van der Waals surface area contributed by atoms with E-state index in [1.165, 1.54) is 17.8 Å². The number of benzene rings is 1. The molecule has 1 fully saturated rings. The van der Waals surface area contributed by atoms with Crippen molar-refractivity contribution in [2.75, 3.05) is 45.0 Å². The number of carbonyl (C=O) groups excluding carboxylic acids is 1. The lowest BCUT2D eigenvalue weighted by Crippen LogP contribution is -2.46. The van der Waals surface area contributed by atoms with Crippen molar-refractivity contribution >= 4 is 35.8 Å². The minimum absolute atomic E-state index is 0. The van der Waals surface area contributed by atoms with Crippen molar-refractivity contribution in [1.82, 2.24) is 15.5 Å². The molecule has 0 atom stereocenters. The van der Waals surface area contributed by atoms with E-state index < -0.39 is 4.92 Å². The maximum absolute atomic E-state index is 12.3. The molecular weight excluding hydrogens is 388 g/mol. The summed E-state index contributed by atoms with van der Waals surface area (Å²) in [5, 5.41) is 17.5. The van der Waals surface area contributed by atoms with Crippen LogP contribution < -0.4 is 10.6 Å². The van der Waals surface area contributed by atoms with Crippen molar-refractivity contribution < 1.29 is 9.72 Å². The van der Waals surface area contributed by atoms with E-state index in [9.17, 15) is 14.9 Å². The summed E-state index contributed by atoms with van der Waals surface area (Å²) in [5.74, 6) is 1.12. The van der Waals surface area contributed by atoms with Gasteiger partial charge in [0.15, 0.2) is 0 Å². The Labute approximate surface area is 171 Å². The molecule has 1 heterocycles. The number of amides is 1.